The van der Waals surface area contributed by atoms with E-state index < -0.39 is 5.91 Å². The fourth-order valence-electron chi connectivity index (χ4n) is 1.53. The summed E-state index contributed by atoms with van der Waals surface area (Å²) in [7, 11) is 1.30. The van der Waals surface area contributed by atoms with Gasteiger partial charge in [0.1, 0.15) is 0 Å². The van der Waals surface area contributed by atoms with Crippen LogP contribution in [0, 0.1) is 4.91 Å². The number of hydrogen-bond acceptors (Lipinski definition) is 7. The summed E-state index contributed by atoms with van der Waals surface area (Å²) in [5, 5.41) is 5.21. The molecule has 3 N–H and O–H groups in total. The molecule has 0 saturated heterocycles. The summed E-state index contributed by atoms with van der Waals surface area (Å²) in [6.07, 6.45) is 0. The number of ether oxygens (including phenoxy) is 1. The van der Waals surface area contributed by atoms with Gasteiger partial charge in [-0.25, -0.2) is 0 Å². The number of benzene rings is 1. The van der Waals surface area contributed by atoms with Gasteiger partial charge in [0, 0.05) is 5.56 Å². The number of amides is 1. The number of carbonyl (C=O) groups is 1. The molecular formula is C12H11N5O3. The minimum Gasteiger partial charge on any atom is -0.479 e. The van der Waals surface area contributed by atoms with Gasteiger partial charge in [0.05, 0.1) is 7.11 Å². The zero-order valence-electron chi connectivity index (χ0n) is 10.5. The fourth-order valence-corrected chi connectivity index (χ4v) is 1.53. The van der Waals surface area contributed by atoms with Crippen LogP contribution in [-0.2, 0) is 0 Å². The summed E-state index contributed by atoms with van der Waals surface area (Å²) in [4.78, 5) is 30.3. The van der Waals surface area contributed by atoms with Crippen molar-refractivity contribution in [1.82, 2.24) is 9.97 Å². The molecule has 0 spiro atoms. The minimum absolute atomic E-state index is 0.0989. The van der Waals surface area contributed by atoms with Crippen LogP contribution in [0.2, 0.25) is 0 Å². The van der Waals surface area contributed by atoms with E-state index in [4.69, 9.17) is 10.5 Å². The maximum Gasteiger partial charge on any atom is 0.256 e. The van der Waals surface area contributed by atoms with E-state index in [1.165, 1.54) is 7.11 Å². The summed E-state index contributed by atoms with van der Waals surface area (Å²) in [5.41, 5.74) is 5.66. The molecule has 0 radical (unpaired) electrons. The normalized spacial score (nSPS) is 9.85. The third-order valence-corrected chi connectivity index (χ3v) is 2.42. The van der Waals surface area contributed by atoms with E-state index in [9.17, 15) is 9.70 Å². The zero-order valence-corrected chi connectivity index (χ0v) is 10.5. The Morgan fingerprint density at radius 3 is 2.60 bits per heavy atom. The third kappa shape index (κ3) is 2.69. The van der Waals surface area contributed by atoms with E-state index in [1.54, 1.807) is 30.3 Å². The van der Waals surface area contributed by atoms with Crippen molar-refractivity contribution in [1.29, 1.82) is 0 Å². The van der Waals surface area contributed by atoms with Crippen LogP contribution < -0.4 is 15.8 Å². The van der Waals surface area contributed by atoms with Crippen LogP contribution in [0.15, 0.2) is 35.5 Å². The predicted octanol–water partition coefficient (Wildman–Crippen LogP) is 1.72. The minimum atomic E-state index is -0.448. The molecule has 0 atom stereocenters. The molecule has 0 aliphatic rings. The fraction of sp³-hybridized carbons (Fsp3) is 0.0833. The Kier molecular flexibility index (Phi) is 3.85. The second-order valence-corrected chi connectivity index (χ2v) is 3.70. The molecule has 8 heteroatoms. The van der Waals surface area contributed by atoms with Crippen molar-refractivity contribution in [2.75, 3.05) is 18.2 Å². The van der Waals surface area contributed by atoms with Gasteiger partial charge in [0.25, 0.3) is 11.8 Å². The summed E-state index contributed by atoms with van der Waals surface area (Å²) in [6, 6.07) is 8.43. The van der Waals surface area contributed by atoms with Gasteiger partial charge in [0.2, 0.25) is 11.6 Å². The molecular weight excluding hydrogens is 262 g/mol. The highest BCUT2D eigenvalue weighted by molar-refractivity contribution is 6.05. The predicted molar refractivity (Wildman–Crippen MR) is 72.8 cm³/mol. The molecule has 0 bridgehead atoms. The van der Waals surface area contributed by atoms with Crippen LogP contribution in [0.1, 0.15) is 10.4 Å². The summed E-state index contributed by atoms with van der Waals surface area (Å²) in [5.74, 6) is -0.790. The molecule has 20 heavy (non-hydrogen) atoms. The van der Waals surface area contributed by atoms with E-state index >= 15 is 0 Å². The molecule has 0 fully saturated rings. The molecule has 0 unspecified atom stereocenters. The number of nitroso groups, excluding NO2 is 1. The molecule has 1 amide bonds. The summed E-state index contributed by atoms with van der Waals surface area (Å²) in [6.45, 7) is 0. The lowest BCUT2D eigenvalue weighted by atomic mass is 10.2. The molecule has 2 rings (SSSR count). The first-order chi connectivity index (χ1) is 9.65. The molecule has 2 aromatic rings. The van der Waals surface area contributed by atoms with E-state index in [0.29, 0.717) is 5.56 Å². The number of nitrogens with two attached hydrogens (primary N) is 1. The van der Waals surface area contributed by atoms with Crippen molar-refractivity contribution >= 4 is 23.4 Å². The molecule has 1 aromatic carbocycles. The van der Waals surface area contributed by atoms with E-state index in [0.717, 1.165) is 0 Å². The quantitative estimate of drug-likeness (QED) is 0.818. The van der Waals surface area contributed by atoms with Crippen LogP contribution in [0.25, 0.3) is 0 Å². The highest BCUT2D eigenvalue weighted by Gasteiger charge is 2.17. The van der Waals surface area contributed by atoms with Crippen molar-refractivity contribution in [3.8, 4) is 5.88 Å². The second kappa shape index (κ2) is 5.74. The first-order valence-electron chi connectivity index (χ1n) is 5.57. The number of carbonyl (C=O) groups excluding carboxylic acids is 1. The maximum absolute atomic E-state index is 12.0. The van der Waals surface area contributed by atoms with Gasteiger partial charge in [-0.3, -0.25) is 4.79 Å². The number of rotatable bonds is 4. The Morgan fingerprint density at radius 2 is 2.00 bits per heavy atom. The number of aromatic nitrogens is 2. The molecule has 1 heterocycles. The molecule has 0 aliphatic heterocycles. The summed E-state index contributed by atoms with van der Waals surface area (Å²) < 4.78 is 4.87. The standard InChI is InChI=1S/C12H11N5O3/c1-20-11-8(17-19)9(15-12(13)16-11)14-10(18)7-5-3-2-4-6-7/h2-6H,1H3,(H3,13,14,15,16,18). The van der Waals surface area contributed by atoms with Gasteiger partial charge < -0.3 is 15.8 Å². The van der Waals surface area contributed by atoms with Crippen LogP contribution >= 0.6 is 0 Å². The third-order valence-electron chi connectivity index (χ3n) is 2.42. The van der Waals surface area contributed by atoms with Crippen molar-refractivity contribution in [3.05, 3.63) is 40.8 Å². The average molecular weight is 273 g/mol. The number of hydrogen-bond donors (Lipinski definition) is 2. The lowest BCUT2D eigenvalue weighted by Crippen LogP contribution is -2.14. The van der Waals surface area contributed by atoms with E-state index in [1.807, 2.05) is 0 Å². The van der Waals surface area contributed by atoms with Crippen LogP contribution in [0.3, 0.4) is 0 Å². The van der Waals surface area contributed by atoms with Crippen molar-refractivity contribution in [2.45, 2.75) is 0 Å². The lowest BCUT2D eigenvalue weighted by Gasteiger charge is -2.09. The van der Waals surface area contributed by atoms with Gasteiger partial charge in [-0.2, -0.15) is 9.97 Å². The summed E-state index contributed by atoms with van der Waals surface area (Å²) >= 11 is 0. The smallest absolute Gasteiger partial charge is 0.256 e. The number of methoxy groups -OCH3 is 1. The van der Waals surface area contributed by atoms with Crippen LogP contribution in [0.5, 0.6) is 5.88 Å². The largest absolute Gasteiger partial charge is 0.479 e. The van der Waals surface area contributed by atoms with Crippen molar-refractivity contribution < 1.29 is 9.53 Å². The maximum atomic E-state index is 12.0. The zero-order chi connectivity index (χ0) is 14.5. The van der Waals surface area contributed by atoms with Gasteiger partial charge >= 0.3 is 0 Å². The number of nitrogens with zero attached hydrogens (tertiary/aromatic N) is 3. The molecule has 0 saturated carbocycles. The highest BCUT2D eigenvalue weighted by atomic mass is 16.5. The molecule has 102 valence electrons. The Morgan fingerprint density at radius 1 is 1.30 bits per heavy atom. The van der Waals surface area contributed by atoms with E-state index in [2.05, 4.69) is 20.5 Å². The van der Waals surface area contributed by atoms with Crippen molar-refractivity contribution in [2.24, 2.45) is 5.18 Å². The Labute approximate surface area is 114 Å². The second-order valence-electron chi connectivity index (χ2n) is 3.70. The van der Waals surface area contributed by atoms with Gasteiger partial charge in [-0.05, 0) is 17.3 Å². The monoisotopic (exact) mass is 273 g/mol. The van der Waals surface area contributed by atoms with E-state index in [-0.39, 0.29) is 23.3 Å². The Bertz CT molecular complexity index is 645. The number of anilines is 2. The first kappa shape index (κ1) is 13.4. The van der Waals surface area contributed by atoms with Gasteiger partial charge in [-0.15, -0.1) is 4.91 Å². The molecule has 0 aliphatic carbocycles. The van der Waals surface area contributed by atoms with Crippen LogP contribution in [-0.4, -0.2) is 23.0 Å². The Balaban J connectivity index is 2.36. The van der Waals surface area contributed by atoms with Gasteiger partial charge in [0.15, 0.2) is 5.82 Å². The SMILES string of the molecule is COc1nc(N)nc(NC(=O)c2ccccc2)c1N=O. The average Bonchev–Trinajstić information content (AvgIpc) is 2.47. The molecule has 8 nitrogen and oxygen atoms in total. The molecule has 1 aromatic heterocycles. The number of nitrogen functional groups attached to an aromatic ring is 1. The Hall–Kier alpha value is -3.03. The van der Waals surface area contributed by atoms with Crippen LogP contribution in [0.4, 0.5) is 17.5 Å². The first-order valence-corrected chi connectivity index (χ1v) is 5.57. The van der Waals surface area contributed by atoms with Gasteiger partial charge in [-0.1, -0.05) is 18.2 Å². The van der Waals surface area contributed by atoms with Crippen molar-refractivity contribution in [3.63, 3.8) is 0 Å². The number of nitrogens with one attached hydrogen (secondary N) is 1. The topological polar surface area (TPSA) is 120 Å². The highest BCUT2D eigenvalue weighted by Crippen LogP contribution is 2.32. The lowest BCUT2D eigenvalue weighted by molar-refractivity contribution is 0.102.